The van der Waals surface area contributed by atoms with Gasteiger partial charge in [0.05, 0.1) is 27.4 Å². The van der Waals surface area contributed by atoms with Gasteiger partial charge in [-0.3, -0.25) is 0 Å². The lowest BCUT2D eigenvalue weighted by molar-refractivity contribution is 0.0642. The van der Waals surface area contributed by atoms with Gasteiger partial charge in [-0.1, -0.05) is 94.4 Å². The maximum absolute atomic E-state index is 7.89. The van der Waals surface area contributed by atoms with Gasteiger partial charge in [-0.25, -0.2) is 0 Å². The van der Waals surface area contributed by atoms with Crippen LogP contribution < -0.4 is 24.0 Å². The summed E-state index contributed by atoms with van der Waals surface area (Å²) in [5.41, 5.74) is 12.4. The van der Waals surface area contributed by atoms with Crippen LogP contribution in [0.4, 0.5) is 11.4 Å². The molecule has 2 aliphatic carbocycles. The number of anilines is 2. The maximum Gasteiger partial charge on any atom is 0.178 e. The molecule has 10 rings (SSSR count). The molecule has 1 atom stereocenters. The van der Waals surface area contributed by atoms with Gasteiger partial charge < -0.3 is 28.7 Å². The Balaban J connectivity index is 1.27. The van der Waals surface area contributed by atoms with Crippen molar-refractivity contribution in [2.24, 2.45) is 10.8 Å². The maximum atomic E-state index is 7.89. The number of nitrogens with zero attached hydrogens (tertiary/aromatic N) is 2. The average Bonchev–Trinajstić information content (AvgIpc) is 3.53. The van der Waals surface area contributed by atoms with E-state index in [9.17, 15) is 0 Å². The van der Waals surface area contributed by atoms with E-state index in [1.807, 2.05) is 12.1 Å². The largest absolute Gasteiger partial charge is 0.497 e. The van der Waals surface area contributed by atoms with Gasteiger partial charge in [0.2, 0.25) is 0 Å². The van der Waals surface area contributed by atoms with Gasteiger partial charge in [-0.05, 0) is 118 Å². The zero-order valence-electron chi connectivity index (χ0n) is 37.0. The number of hydrogen-bond donors (Lipinski definition) is 0. The van der Waals surface area contributed by atoms with Gasteiger partial charge in [-0.15, -0.1) is 0 Å². The molecular formula is C55H58N2O4. The monoisotopic (exact) mass is 810 g/mol. The Labute approximate surface area is 361 Å². The van der Waals surface area contributed by atoms with E-state index in [1.54, 1.807) is 14.2 Å². The molecule has 61 heavy (non-hydrogen) atoms. The van der Waals surface area contributed by atoms with Crippen LogP contribution in [0.3, 0.4) is 0 Å². The summed E-state index contributed by atoms with van der Waals surface area (Å²) in [5.74, 6) is 2.52. The third kappa shape index (κ3) is 6.40. The molecule has 4 aliphatic rings. The molecule has 1 saturated heterocycles. The summed E-state index contributed by atoms with van der Waals surface area (Å²) < 4.78 is 25.6. The molecule has 2 fully saturated rings. The SMILES string of the molecule is COc1ccc(C2(c3ccc(N4CCOCC4)cc3)C=Cc3c4c(c5cc(-c6ccc(N(C)C)cc6)c(OC)cc5c3O2)-c2ccccc2C42CC(C)(C)CC(C)(C)C2)cc1. The van der Waals surface area contributed by atoms with E-state index in [1.165, 1.54) is 45.3 Å². The highest BCUT2D eigenvalue weighted by atomic mass is 16.5. The third-order valence-corrected chi connectivity index (χ3v) is 14.0. The summed E-state index contributed by atoms with van der Waals surface area (Å²) in [5, 5.41) is 2.24. The number of hydrogen-bond acceptors (Lipinski definition) is 6. The molecule has 6 aromatic carbocycles. The fourth-order valence-corrected chi connectivity index (χ4v) is 12.1. The van der Waals surface area contributed by atoms with Gasteiger partial charge in [0.15, 0.2) is 5.60 Å². The van der Waals surface area contributed by atoms with Gasteiger partial charge in [0, 0.05) is 71.6 Å². The fourth-order valence-electron chi connectivity index (χ4n) is 12.1. The topological polar surface area (TPSA) is 43.4 Å². The van der Waals surface area contributed by atoms with E-state index in [0.29, 0.717) is 0 Å². The first kappa shape index (κ1) is 39.4. The molecule has 1 spiro atoms. The Morgan fingerprint density at radius 2 is 1.33 bits per heavy atom. The lowest BCUT2D eigenvalue weighted by Crippen LogP contribution is -2.44. The quantitative estimate of drug-likeness (QED) is 0.160. The smallest absolute Gasteiger partial charge is 0.178 e. The van der Waals surface area contributed by atoms with Crippen LogP contribution in [0, 0.1) is 10.8 Å². The number of rotatable bonds is 7. The lowest BCUT2D eigenvalue weighted by Gasteiger charge is -2.52. The first-order valence-corrected chi connectivity index (χ1v) is 21.9. The second-order valence-corrected chi connectivity index (χ2v) is 19.6. The number of morpholine rings is 1. The molecule has 2 heterocycles. The van der Waals surface area contributed by atoms with Crippen LogP contribution in [0.2, 0.25) is 0 Å². The Morgan fingerprint density at radius 1 is 0.672 bits per heavy atom. The lowest BCUT2D eigenvalue weighted by atomic mass is 9.52. The molecule has 1 saturated carbocycles. The highest BCUT2D eigenvalue weighted by Gasteiger charge is 2.55. The molecule has 1 unspecified atom stereocenters. The minimum atomic E-state index is -0.929. The molecule has 312 valence electrons. The van der Waals surface area contributed by atoms with E-state index in [2.05, 4.69) is 161 Å². The van der Waals surface area contributed by atoms with Crippen molar-refractivity contribution in [3.63, 3.8) is 0 Å². The fraction of sp³-hybridized carbons (Fsp3) is 0.345. The highest BCUT2D eigenvalue weighted by Crippen LogP contribution is 2.67. The predicted molar refractivity (Wildman–Crippen MR) is 251 cm³/mol. The zero-order valence-corrected chi connectivity index (χ0v) is 37.0. The van der Waals surface area contributed by atoms with Crippen molar-refractivity contribution >= 4 is 28.2 Å². The molecular weight excluding hydrogens is 753 g/mol. The van der Waals surface area contributed by atoms with Crippen molar-refractivity contribution < 1.29 is 18.9 Å². The van der Waals surface area contributed by atoms with Crippen LogP contribution in [-0.2, 0) is 15.8 Å². The molecule has 6 aromatic rings. The normalized spacial score (nSPS) is 20.4. The summed E-state index contributed by atoms with van der Waals surface area (Å²) >= 11 is 0. The minimum absolute atomic E-state index is 0.117. The van der Waals surface area contributed by atoms with Crippen LogP contribution in [0.25, 0.3) is 39.1 Å². The van der Waals surface area contributed by atoms with Crippen molar-refractivity contribution in [3.05, 3.63) is 143 Å². The first-order chi connectivity index (χ1) is 29.4. The second kappa shape index (κ2) is 14.4. The van der Waals surface area contributed by atoms with Crippen molar-refractivity contribution in [1.29, 1.82) is 0 Å². The summed E-state index contributed by atoms with van der Waals surface area (Å²) in [6, 6.07) is 40.1. The molecule has 2 aliphatic heterocycles. The zero-order chi connectivity index (χ0) is 42.3. The van der Waals surface area contributed by atoms with Crippen molar-refractivity contribution in [2.75, 3.05) is 64.4 Å². The van der Waals surface area contributed by atoms with E-state index < -0.39 is 5.60 Å². The van der Waals surface area contributed by atoms with Crippen LogP contribution in [0.15, 0.2) is 115 Å². The summed E-state index contributed by atoms with van der Waals surface area (Å²) in [7, 11) is 7.67. The average molecular weight is 811 g/mol. The van der Waals surface area contributed by atoms with Gasteiger partial charge >= 0.3 is 0 Å². The number of methoxy groups -OCH3 is 2. The van der Waals surface area contributed by atoms with E-state index in [4.69, 9.17) is 18.9 Å². The predicted octanol–water partition coefficient (Wildman–Crippen LogP) is 12.3. The van der Waals surface area contributed by atoms with Crippen LogP contribution >= 0.6 is 0 Å². The summed E-state index contributed by atoms with van der Waals surface area (Å²) in [6.07, 6.45) is 8.01. The van der Waals surface area contributed by atoms with Crippen molar-refractivity contribution in [3.8, 4) is 39.5 Å². The molecule has 6 heteroatoms. The van der Waals surface area contributed by atoms with Crippen LogP contribution in [0.1, 0.15) is 74.8 Å². The van der Waals surface area contributed by atoms with E-state index in [-0.39, 0.29) is 16.2 Å². The molecule has 0 aromatic heterocycles. The van der Waals surface area contributed by atoms with E-state index >= 15 is 0 Å². The standard InChI is InChI=1S/C55H58N2O4/c1-52(2)33-53(3,4)35-54(34-52)47-12-10-9-11-42(47)49-45-31-44(36-13-19-39(20-14-36)56(5)6)48(59-8)32-46(45)51-43(50(49)54)25-26-55(61-51,38-17-23-41(58-7)24-18-38)37-15-21-40(22-16-37)57-27-29-60-30-28-57/h9-26,31-32H,27-30,33-35H2,1-8H3. The van der Waals surface area contributed by atoms with Gasteiger partial charge in [0.1, 0.15) is 17.2 Å². The molecule has 0 N–H and O–H groups in total. The summed E-state index contributed by atoms with van der Waals surface area (Å²) in [4.78, 5) is 4.54. The van der Waals surface area contributed by atoms with Crippen LogP contribution in [-0.4, -0.2) is 54.6 Å². The summed E-state index contributed by atoms with van der Waals surface area (Å²) in [6.45, 7) is 13.2. The Morgan fingerprint density at radius 3 is 1.97 bits per heavy atom. The molecule has 0 bridgehead atoms. The number of benzene rings is 6. The van der Waals surface area contributed by atoms with Crippen molar-refractivity contribution in [1.82, 2.24) is 0 Å². The Bertz CT molecular complexity index is 2650. The number of ether oxygens (including phenoxy) is 4. The Kier molecular flexibility index (Phi) is 9.33. The highest BCUT2D eigenvalue weighted by molar-refractivity contribution is 6.10. The second-order valence-electron chi connectivity index (χ2n) is 19.6. The third-order valence-electron chi connectivity index (χ3n) is 14.0. The molecule has 6 nitrogen and oxygen atoms in total. The van der Waals surface area contributed by atoms with Gasteiger partial charge in [0.25, 0.3) is 0 Å². The molecule has 0 amide bonds. The minimum Gasteiger partial charge on any atom is -0.497 e. The van der Waals surface area contributed by atoms with Crippen molar-refractivity contribution in [2.45, 2.75) is 58.0 Å². The van der Waals surface area contributed by atoms with Crippen LogP contribution in [0.5, 0.6) is 17.2 Å². The molecule has 0 radical (unpaired) electrons. The number of fused-ring (bicyclic) bond motifs is 10. The first-order valence-electron chi connectivity index (χ1n) is 21.9. The Hall–Kier alpha value is -5.72. The van der Waals surface area contributed by atoms with Gasteiger partial charge in [-0.2, -0.15) is 0 Å². The van der Waals surface area contributed by atoms with E-state index in [0.717, 1.165) is 89.7 Å².